The standard InChI is InChI=1S/C36H28N2/c1-25-9-3-11-27(21-25)29-13-5-15-31(23-29)33-17-7-19-35(37-33)36-20-8-18-34(38-36)32-16-6-14-30(24-32)28-12-4-10-26(2)22-28/h3-24H,1-2H3. The van der Waals surface area contributed by atoms with Crippen molar-refractivity contribution in [3.05, 3.63) is 145 Å². The predicted octanol–water partition coefficient (Wildman–Crippen LogP) is 9.43. The van der Waals surface area contributed by atoms with Crippen molar-refractivity contribution < 1.29 is 0 Å². The molecule has 182 valence electrons. The van der Waals surface area contributed by atoms with Crippen LogP contribution in [0.5, 0.6) is 0 Å². The molecule has 0 spiro atoms. The largest absolute Gasteiger partial charge is 0.246 e. The van der Waals surface area contributed by atoms with Gasteiger partial charge in [0.05, 0.1) is 22.8 Å². The highest BCUT2D eigenvalue weighted by Crippen LogP contribution is 2.30. The molecule has 0 atom stereocenters. The number of aryl methyl sites for hydroxylation is 2. The van der Waals surface area contributed by atoms with Crippen LogP contribution in [0.4, 0.5) is 0 Å². The topological polar surface area (TPSA) is 25.8 Å². The minimum atomic E-state index is 0.861. The molecule has 0 saturated carbocycles. The molecule has 0 saturated heterocycles. The van der Waals surface area contributed by atoms with Gasteiger partial charge in [-0.15, -0.1) is 0 Å². The quantitative estimate of drug-likeness (QED) is 0.241. The summed E-state index contributed by atoms with van der Waals surface area (Å²) in [5, 5.41) is 0. The van der Waals surface area contributed by atoms with E-state index in [0.29, 0.717) is 0 Å². The van der Waals surface area contributed by atoms with Gasteiger partial charge in [0.1, 0.15) is 0 Å². The van der Waals surface area contributed by atoms with Gasteiger partial charge in [-0.3, -0.25) is 0 Å². The molecule has 0 amide bonds. The lowest BCUT2D eigenvalue weighted by Crippen LogP contribution is -1.92. The Morgan fingerprint density at radius 3 is 1.05 bits per heavy atom. The third-order valence-electron chi connectivity index (χ3n) is 6.78. The summed E-state index contributed by atoms with van der Waals surface area (Å²) in [4.78, 5) is 10.0. The van der Waals surface area contributed by atoms with Crippen LogP contribution < -0.4 is 0 Å². The third-order valence-corrected chi connectivity index (χ3v) is 6.78. The molecule has 0 fully saturated rings. The van der Waals surface area contributed by atoms with E-state index in [9.17, 15) is 0 Å². The number of hydrogen-bond donors (Lipinski definition) is 0. The van der Waals surface area contributed by atoms with Crippen molar-refractivity contribution in [1.82, 2.24) is 9.97 Å². The van der Waals surface area contributed by atoms with Gasteiger partial charge in [0, 0.05) is 11.1 Å². The van der Waals surface area contributed by atoms with Crippen LogP contribution in [0.3, 0.4) is 0 Å². The molecule has 2 heteroatoms. The fraction of sp³-hybridized carbons (Fsp3) is 0.0556. The summed E-state index contributed by atoms with van der Waals surface area (Å²) in [6, 6.07) is 46.6. The van der Waals surface area contributed by atoms with Crippen molar-refractivity contribution in [1.29, 1.82) is 0 Å². The van der Waals surface area contributed by atoms with Crippen LogP contribution in [0.2, 0.25) is 0 Å². The normalized spacial score (nSPS) is 10.9. The third kappa shape index (κ3) is 5.02. The van der Waals surface area contributed by atoms with Gasteiger partial charge in [-0.1, -0.05) is 108 Å². The zero-order valence-corrected chi connectivity index (χ0v) is 21.6. The molecule has 38 heavy (non-hydrogen) atoms. The molecule has 0 unspecified atom stereocenters. The van der Waals surface area contributed by atoms with E-state index < -0.39 is 0 Å². The zero-order valence-electron chi connectivity index (χ0n) is 21.6. The number of rotatable bonds is 5. The van der Waals surface area contributed by atoms with Crippen LogP contribution in [0.1, 0.15) is 11.1 Å². The Balaban J connectivity index is 1.33. The first-order valence-corrected chi connectivity index (χ1v) is 12.9. The van der Waals surface area contributed by atoms with E-state index in [-0.39, 0.29) is 0 Å². The minimum Gasteiger partial charge on any atom is -0.246 e. The number of aromatic nitrogens is 2. The highest BCUT2D eigenvalue weighted by atomic mass is 14.8. The van der Waals surface area contributed by atoms with Crippen molar-refractivity contribution in [2.75, 3.05) is 0 Å². The van der Waals surface area contributed by atoms with Gasteiger partial charge < -0.3 is 0 Å². The van der Waals surface area contributed by atoms with Crippen LogP contribution in [0.25, 0.3) is 56.2 Å². The molecule has 4 aromatic carbocycles. The highest BCUT2D eigenvalue weighted by molar-refractivity contribution is 5.75. The molecule has 0 N–H and O–H groups in total. The van der Waals surface area contributed by atoms with E-state index in [0.717, 1.165) is 33.9 Å². The highest BCUT2D eigenvalue weighted by Gasteiger charge is 2.09. The fourth-order valence-electron chi connectivity index (χ4n) is 4.84. The Kier molecular flexibility index (Phi) is 6.37. The van der Waals surface area contributed by atoms with Crippen molar-refractivity contribution in [2.45, 2.75) is 13.8 Å². The van der Waals surface area contributed by atoms with Gasteiger partial charge in [0.15, 0.2) is 0 Å². The first-order valence-electron chi connectivity index (χ1n) is 12.9. The summed E-state index contributed by atoms with van der Waals surface area (Å²) >= 11 is 0. The average Bonchev–Trinajstić information content (AvgIpc) is 2.97. The Labute approximate surface area is 224 Å². The lowest BCUT2D eigenvalue weighted by molar-refractivity contribution is 1.25. The summed E-state index contributed by atoms with van der Waals surface area (Å²) in [6.07, 6.45) is 0. The summed E-state index contributed by atoms with van der Waals surface area (Å²) in [7, 11) is 0. The van der Waals surface area contributed by atoms with E-state index in [1.165, 1.54) is 33.4 Å². The first-order chi connectivity index (χ1) is 18.6. The lowest BCUT2D eigenvalue weighted by Gasteiger charge is -2.10. The monoisotopic (exact) mass is 488 g/mol. The van der Waals surface area contributed by atoms with Gasteiger partial charge in [-0.05, 0) is 72.5 Å². The fourth-order valence-corrected chi connectivity index (χ4v) is 4.84. The maximum absolute atomic E-state index is 5.01. The number of hydrogen-bond acceptors (Lipinski definition) is 2. The Hall–Kier alpha value is -4.82. The summed E-state index contributed by atoms with van der Waals surface area (Å²) in [6.45, 7) is 4.25. The summed E-state index contributed by atoms with van der Waals surface area (Å²) in [5.74, 6) is 0. The number of nitrogens with zero attached hydrogens (tertiary/aromatic N) is 2. The van der Waals surface area contributed by atoms with E-state index in [1.807, 2.05) is 12.1 Å². The molecular weight excluding hydrogens is 460 g/mol. The Morgan fingerprint density at radius 2 is 0.632 bits per heavy atom. The van der Waals surface area contributed by atoms with E-state index in [4.69, 9.17) is 9.97 Å². The van der Waals surface area contributed by atoms with Crippen molar-refractivity contribution in [3.63, 3.8) is 0 Å². The number of pyridine rings is 2. The average molecular weight is 489 g/mol. The van der Waals surface area contributed by atoms with Crippen LogP contribution in [0, 0.1) is 13.8 Å². The van der Waals surface area contributed by atoms with Crippen molar-refractivity contribution in [3.8, 4) is 56.2 Å². The molecule has 2 heterocycles. The van der Waals surface area contributed by atoms with E-state index in [2.05, 4.69) is 135 Å². The second kappa shape index (κ2) is 10.3. The van der Waals surface area contributed by atoms with Gasteiger partial charge in [-0.25, -0.2) is 9.97 Å². The molecule has 0 bridgehead atoms. The maximum atomic E-state index is 5.01. The Bertz CT molecular complexity index is 1620. The van der Waals surface area contributed by atoms with Crippen molar-refractivity contribution >= 4 is 0 Å². The van der Waals surface area contributed by atoms with E-state index in [1.54, 1.807) is 0 Å². The number of benzene rings is 4. The Morgan fingerprint density at radius 1 is 0.316 bits per heavy atom. The van der Waals surface area contributed by atoms with Crippen LogP contribution in [-0.4, -0.2) is 9.97 Å². The second-order valence-corrected chi connectivity index (χ2v) is 9.72. The van der Waals surface area contributed by atoms with Crippen LogP contribution in [-0.2, 0) is 0 Å². The van der Waals surface area contributed by atoms with E-state index >= 15 is 0 Å². The maximum Gasteiger partial charge on any atom is 0.0893 e. The molecule has 6 aromatic rings. The molecule has 6 rings (SSSR count). The molecule has 0 radical (unpaired) electrons. The van der Waals surface area contributed by atoms with Gasteiger partial charge >= 0.3 is 0 Å². The van der Waals surface area contributed by atoms with Crippen LogP contribution in [0.15, 0.2) is 133 Å². The summed E-state index contributed by atoms with van der Waals surface area (Å²) in [5.41, 5.74) is 13.1. The minimum absolute atomic E-state index is 0.861. The molecule has 0 aliphatic carbocycles. The molecule has 2 nitrogen and oxygen atoms in total. The molecule has 0 aliphatic rings. The van der Waals surface area contributed by atoms with Gasteiger partial charge in [0.25, 0.3) is 0 Å². The SMILES string of the molecule is Cc1cccc(-c2cccc(-c3cccc(-c4cccc(-c5cccc(-c6cccc(C)c6)c5)n4)n3)c2)c1. The lowest BCUT2D eigenvalue weighted by atomic mass is 9.99. The van der Waals surface area contributed by atoms with Gasteiger partial charge in [0.2, 0.25) is 0 Å². The molecule has 0 aliphatic heterocycles. The summed E-state index contributed by atoms with van der Waals surface area (Å²) < 4.78 is 0. The second-order valence-electron chi connectivity index (χ2n) is 9.72. The van der Waals surface area contributed by atoms with Crippen LogP contribution >= 0.6 is 0 Å². The molecular formula is C36H28N2. The predicted molar refractivity (Wildman–Crippen MR) is 159 cm³/mol. The molecule has 2 aromatic heterocycles. The van der Waals surface area contributed by atoms with Crippen molar-refractivity contribution in [2.24, 2.45) is 0 Å². The zero-order chi connectivity index (χ0) is 25.9. The first kappa shape index (κ1) is 23.6. The smallest absolute Gasteiger partial charge is 0.0893 e. The van der Waals surface area contributed by atoms with Gasteiger partial charge in [-0.2, -0.15) is 0 Å².